The molecule has 16 heavy (non-hydrogen) atoms. The van der Waals surface area contributed by atoms with Gasteiger partial charge in [0.1, 0.15) is 0 Å². The van der Waals surface area contributed by atoms with Gasteiger partial charge < -0.3 is 10.0 Å². The number of rotatable bonds is 2. The predicted molar refractivity (Wildman–Crippen MR) is 64.5 cm³/mol. The second-order valence-corrected chi connectivity index (χ2v) is 4.03. The lowest BCUT2D eigenvalue weighted by atomic mass is 9.88. The molecule has 0 amide bonds. The van der Waals surface area contributed by atoms with Crippen LogP contribution in [0.15, 0.2) is 30.3 Å². The molecular formula is C13H15NO2. The number of carbonyl (C=O) groups is 1. The first kappa shape index (κ1) is 10.7. The van der Waals surface area contributed by atoms with Crippen LogP contribution in [0.2, 0.25) is 0 Å². The quantitative estimate of drug-likeness (QED) is 0.826. The van der Waals surface area contributed by atoms with E-state index in [0.29, 0.717) is 6.42 Å². The van der Waals surface area contributed by atoms with E-state index in [0.717, 1.165) is 11.3 Å². The van der Waals surface area contributed by atoms with Crippen LogP contribution in [0.4, 0.5) is 5.69 Å². The minimum absolute atomic E-state index is 0.545. The molecule has 0 radical (unpaired) electrons. The molecule has 1 aromatic carbocycles. The highest BCUT2D eigenvalue weighted by Crippen LogP contribution is 2.35. The van der Waals surface area contributed by atoms with E-state index >= 15 is 0 Å². The number of nitrogens with zero attached hydrogens (tertiary/aromatic N) is 1. The predicted octanol–water partition coefficient (Wildman–Crippen LogP) is 2.38. The number of anilines is 1. The topological polar surface area (TPSA) is 40.5 Å². The third kappa shape index (κ3) is 1.32. The molecule has 0 bridgehead atoms. The van der Waals surface area contributed by atoms with Crippen molar-refractivity contribution in [2.24, 2.45) is 0 Å². The van der Waals surface area contributed by atoms with Crippen LogP contribution in [-0.2, 0) is 4.79 Å². The molecule has 0 saturated carbocycles. The molecular weight excluding hydrogens is 202 g/mol. The molecule has 0 spiro atoms. The molecule has 3 nitrogen and oxygen atoms in total. The van der Waals surface area contributed by atoms with Gasteiger partial charge in [-0.1, -0.05) is 31.2 Å². The molecule has 2 rings (SSSR count). The summed E-state index contributed by atoms with van der Waals surface area (Å²) in [6.45, 7) is 1.89. The van der Waals surface area contributed by atoms with Crippen molar-refractivity contribution in [3.05, 3.63) is 35.9 Å². The minimum Gasteiger partial charge on any atom is -0.479 e. The highest BCUT2D eigenvalue weighted by Gasteiger charge is 2.40. The zero-order valence-electron chi connectivity index (χ0n) is 9.47. The zero-order valence-corrected chi connectivity index (χ0v) is 9.47. The largest absolute Gasteiger partial charge is 0.479 e. The number of carboxylic acids is 1. The van der Waals surface area contributed by atoms with E-state index in [1.54, 1.807) is 6.08 Å². The lowest BCUT2D eigenvalue weighted by Crippen LogP contribution is -2.52. The summed E-state index contributed by atoms with van der Waals surface area (Å²) in [6, 6.07) is 7.82. The average molecular weight is 217 g/mol. The smallest absolute Gasteiger partial charge is 0.333 e. The Morgan fingerprint density at radius 2 is 2.12 bits per heavy atom. The SMILES string of the molecule is CCC1(C(=O)O)C=Cc2ccccc2N1C. The van der Waals surface area contributed by atoms with Gasteiger partial charge in [0.15, 0.2) is 5.54 Å². The number of fused-ring (bicyclic) bond motifs is 1. The molecule has 84 valence electrons. The summed E-state index contributed by atoms with van der Waals surface area (Å²) in [5.74, 6) is -0.803. The van der Waals surface area contributed by atoms with E-state index in [4.69, 9.17) is 0 Å². The number of hydrogen-bond donors (Lipinski definition) is 1. The van der Waals surface area contributed by atoms with Gasteiger partial charge >= 0.3 is 5.97 Å². The molecule has 0 aliphatic carbocycles. The van der Waals surface area contributed by atoms with E-state index < -0.39 is 11.5 Å². The minimum atomic E-state index is -0.908. The fraction of sp³-hybridized carbons (Fsp3) is 0.308. The van der Waals surface area contributed by atoms with Crippen molar-refractivity contribution in [1.29, 1.82) is 0 Å². The Balaban J connectivity index is 2.55. The first-order valence-corrected chi connectivity index (χ1v) is 5.37. The van der Waals surface area contributed by atoms with E-state index in [1.165, 1.54) is 0 Å². The second kappa shape index (κ2) is 3.67. The number of likely N-dealkylation sites (N-methyl/N-ethyl adjacent to an activating group) is 1. The maximum Gasteiger partial charge on any atom is 0.333 e. The Hall–Kier alpha value is -1.77. The Labute approximate surface area is 95.0 Å². The van der Waals surface area contributed by atoms with Crippen molar-refractivity contribution in [3.63, 3.8) is 0 Å². The molecule has 1 aliphatic heterocycles. The van der Waals surface area contributed by atoms with Crippen molar-refractivity contribution >= 4 is 17.7 Å². The fourth-order valence-corrected chi connectivity index (χ4v) is 2.21. The maximum atomic E-state index is 11.4. The van der Waals surface area contributed by atoms with Crippen LogP contribution in [0.3, 0.4) is 0 Å². The molecule has 1 unspecified atom stereocenters. The molecule has 0 saturated heterocycles. The third-order valence-corrected chi connectivity index (χ3v) is 3.34. The Bertz CT molecular complexity index is 453. The van der Waals surface area contributed by atoms with Gasteiger partial charge in [-0.3, -0.25) is 0 Å². The monoisotopic (exact) mass is 217 g/mol. The molecule has 3 heteroatoms. The van der Waals surface area contributed by atoms with Gasteiger partial charge in [0.25, 0.3) is 0 Å². The van der Waals surface area contributed by atoms with Gasteiger partial charge in [-0.05, 0) is 24.1 Å². The normalized spacial score (nSPS) is 23.0. The van der Waals surface area contributed by atoms with Crippen LogP contribution in [0, 0.1) is 0 Å². The van der Waals surface area contributed by atoms with Gasteiger partial charge in [0.05, 0.1) is 0 Å². The summed E-state index contributed by atoms with van der Waals surface area (Å²) < 4.78 is 0. The van der Waals surface area contributed by atoms with Crippen LogP contribution in [-0.4, -0.2) is 23.7 Å². The van der Waals surface area contributed by atoms with Crippen LogP contribution in [0.25, 0.3) is 6.08 Å². The average Bonchev–Trinajstić information content (AvgIpc) is 2.30. The summed E-state index contributed by atoms with van der Waals surface area (Å²) in [7, 11) is 1.83. The maximum absolute atomic E-state index is 11.4. The highest BCUT2D eigenvalue weighted by atomic mass is 16.4. The van der Waals surface area contributed by atoms with Crippen LogP contribution >= 0.6 is 0 Å². The van der Waals surface area contributed by atoms with Crippen LogP contribution in [0.5, 0.6) is 0 Å². The highest BCUT2D eigenvalue weighted by molar-refractivity contribution is 5.91. The fourth-order valence-electron chi connectivity index (χ4n) is 2.21. The summed E-state index contributed by atoms with van der Waals surface area (Å²) in [5, 5.41) is 9.39. The first-order chi connectivity index (χ1) is 7.62. The Kier molecular flexibility index (Phi) is 2.46. The van der Waals surface area contributed by atoms with Gasteiger partial charge in [0.2, 0.25) is 0 Å². The number of para-hydroxylation sites is 1. The Morgan fingerprint density at radius 3 is 2.75 bits per heavy atom. The number of benzene rings is 1. The van der Waals surface area contributed by atoms with Gasteiger partial charge in [-0.2, -0.15) is 0 Å². The van der Waals surface area contributed by atoms with Crippen molar-refractivity contribution in [2.75, 3.05) is 11.9 Å². The first-order valence-electron chi connectivity index (χ1n) is 5.37. The van der Waals surface area contributed by atoms with E-state index in [2.05, 4.69) is 0 Å². The standard InChI is InChI=1S/C13H15NO2/c1-3-13(12(15)16)9-8-10-6-4-5-7-11(10)14(13)2/h4-9H,3H2,1-2H3,(H,15,16). The number of hydrogen-bond acceptors (Lipinski definition) is 2. The van der Waals surface area contributed by atoms with Crippen molar-refractivity contribution in [2.45, 2.75) is 18.9 Å². The van der Waals surface area contributed by atoms with Gasteiger partial charge in [-0.25, -0.2) is 4.79 Å². The van der Waals surface area contributed by atoms with Crippen molar-refractivity contribution < 1.29 is 9.90 Å². The second-order valence-electron chi connectivity index (χ2n) is 4.03. The lowest BCUT2D eigenvalue weighted by Gasteiger charge is -2.40. The van der Waals surface area contributed by atoms with E-state index in [-0.39, 0.29) is 0 Å². The lowest BCUT2D eigenvalue weighted by molar-refractivity contribution is -0.141. The number of carboxylic acid groups (broad SMARTS) is 1. The molecule has 1 N–H and O–H groups in total. The molecule has 0 aromatic heterocycles. The van der Waals surface area contributed by atoms with Crippen molar-refractivity contribution in [1.82, 2.24) is 0 Å². The van der Waals surface area contributed by atoms with Crippen LogP contribution < -0.4 is 4.90 Å². The molecule has 1 heterocycles. The van der Waals surface area contributed by atoms with Gasteiger partial charge in [0, 0.05) is 12.7 Å². The van der Waals surface area contributed by atoms with Gasteiger partial charge in [-0.15, -0.1) is 0 Å². The summed E-state index contributed by atoms with van der Waals surface area (Å²) in [6.07, 6.45) is 4.22. The molecule has 1 aromatic rings. The van der Waals surface area contributed by atoms with E-state index in [9.17, 15) is 9.90 Å². The van der Waals surface area contributed by atoms with E-state index in [1.807, 2.05) is 49.2 Å². The summed E-state index contributed by atoms with van der Waals surface area (Å²) in [4.78, 5) is 13.3. The molecule has 1 aliphatic rings. The molecule has 0 fully saturated rings. The molecule has 1 atom stereocenters. The summed E-state index contributed by atoms with van der Waals surface area (Å²) >= 11 is 0. The van der Waals surface area contributed by atoms with Crippen molar-refractivity contribution in [3.8, 4) is 0 Å². The Morgan fingerprint density at radius 1 is 1.44 bits per heavy atom. The number of aliphatic carboxylic acids is 1. The third-order valence-electron chi connectivity index (χ3n) is 3.34. The zero-order chi connectivity index (χ0) is 11.8. The summed E-state index contributed by atoms with van der Waals surface area (Å²) in [5.41, 5.74) is 1.12. The van der Waals surface area contributed by atoms with Crippen LogP contribution in [0.1, 0.15) is 18.9 Å².